The SMILES string of the molecule is CCCc1ncc2c(n1)CN(Cc1cn(Cc3ccccc3)c3ccccc13)CC2. The Morgan fingerprint density at radius 3 is 2.67 bits per heavy atom. The van der Waals surface area contributed by atoms with Gasteiger partial charge in [-0.3, -0.25) is 4.90 Å². The molecule has 0 amide bonds. The van der Waals surface area contributed by atoms with Crippen molar-refractivity contribution in [2.45, 2.75) is 45.8 Å². The smallest absolute Gasteiger partial charge is 0.128 e. The standard InChI is InChI=1S/C26H28N4/c1-2-8-26-27-15-21-13-14-29(19-24(21)28-26)17-22-18-30(16-20-9-4-3-5-10-20)25-12-7-6-11-23(22)25/h3-7,9-12,15,18H,2,8,13-14,16-17,19H2,1H3. The van der Waals surface area contributed by atoms with Crippen molar-refractivity contribution < 1.29 is 0 Å². The lowest BCUT2D eigenvalue weighted by molar-refractivity contribution is 0.241. The molecule has 0 bridgehead atoms. The maximum absolute atomic E-state index is 4.86. The highest BCUT2D eigenvalue weighted by molar-refractivity contribution is 5.84. The molecule has 0 saturated heterocycles. The molecule has 2 aromatic heterocycles. The lowest BCUT2D eigenvalue weighted by atomic mass is 10.1. The van der Waals surface area contributed by atoms with Crippen LogP contribution in [0.2, 0.25) is 0 Å². The Morgan fingerprint density at radius 1 is 0.967 bits per heavy atom. The van der Waals surface area contributed by atoms with Crippen LogP contribution < -0.4 is 0 Å². The van der Waals surface area contributed by atoms with Crippen LogP contribution in [-0.2, 0) is 32.5 Å². The van der Waals surface area contributed by atoms with E-state index in [1.165, 1.54) is 33.3 Å². The van der Waals surface area contributed by atoms with Crippen molar-refractivity contribution in [3.63, 3.8) is 0 Å². The Hall–Kier alpha value is -2.98. The fourth-order valence-corrected chi connectivity index (χ4v) is 4.48. The first kappa shape index (κ1) is 19.0. The quantitative estimate of drug-likeness (QED) is 0.460. The van der Waals surface area contributed by atoms with E-state index in [4.69, 9.17) is 4.98 Å². The van der Waals surface area contributed by atoms with Gasteiger partial charge in [0.1, 0.15) is 5.82 Å². The Bertz CT molecular complexity index is 1150. The molecule has 0 spiro atoms. The van der Waals surface area contributed by atoms with E-state index in [0.29, 0.717) is 0 Å². The molecule has 0 saturated carbocycles. The number of benzene rings is 2. The minimum absolute atomic E-state index is 0.901. The normalized spacial score (nSPS) is 14.2. The lowest BCUT2D eigenvalue weighted by Crippen LogP contribution is -2.31. The summed E-state index contributed by atoms with van der Waals surface area (Å²) in [6.45, 7) is 6.00. The molecule has 0 fully saturated rings. The van der Waals surface area contributed by atoms with Gasteiger partial charge in [0, 0.05) is 55.9 Å². The first-order valence-corrected chi connectivity index (χ1v) is 11.0. The van der Waals surface area contributed by atoms with E-state index in [1.54, 1.807) is 0 Å². The van der Waals surface area contributed by atoms with Crippen molar-refractivity contribution >= 4 is 10.9 Å². The van der Waals surface area contributed by atoms with Gasteiger partial charge in [0.25, 0.3) is 0 Å². The van der Waals surface area contributed by atoms with Crippen molar-refractivity contribution in [2.75, 3.05) is 6.54 Å². The number of nitrogens with zero attached hydrogens (tertiary/aromatic N) is 4. The molecule has 5 rings (SSSR count). The number of hydrogen-bond acceptors (Lipinski definition) is 3. The van der Waals surface area contributed by atoms with Crippen LogP contribution in [0.4, 0.5) is 0 Å². The third-order valence-electron chi connectivity index (χ3n) is 6.01. The maximum atomic E-state index is 4.86. The first-order valence-electron chi connectivity index (χ1n) is 11.0. The van der Waals surface area contributed by atoms with Crippen LogP contribution in [0.5, 0.6) is 0 Å². The molecule has 0 unspecified atom stereocenters. The van der Waals surface area contributed by atoms with Crippen LogP contribution in [0.25, 0.3) is 10.9 Å². The van der Waals surface area contributed by atoms with Gasteiger partial charge in [-0.05, 0) is 35.6 Å². The summed E-state index contributed by atoms with van der Waals surface area (Å²) in [5.74, 6) is 0.984. The summed E-state index contributed by atoms with van der Waals surface area (Å²) >= 11 is 0. The van der Waals surface area contributed by atoms with Crippen LogP contribution in [0.1, 0.15) is 41.6 Å². The summed E-state index contributed by atoms with van der Waals surface area (Å²) in [5.41, 5.74) is 6.57. The van der Waals surface area contributed by atoms with Crippen LogP contribution in [0, 0.1) is 0 Å². The summed E-state index contributed by atoms with van der Waals surface area (Å²) < 4.78 is 2.39. The molecule has 0 aliphatic carbocycles. The van der Waals surface area contributed by atoms with Gasteiger partial charge >= 0.3 is 0 Å². The molecule has 1 aliphatic heterocycles. The lowest BCUT2D eigenvalue weighted by Gasteiger charge is -2.27. The van der Waals surface area contributed by atoms with E-state index in [9.17, 15) is 0 Å². The van der Waals surface area contributed by atoms with E-state index in [1.807, 2.05) is 0 Å². The molecule has 152 valence electrons. The molecule has 30 heavy (non-hydrogen) atoms. The van der Waals surface area contributed by atoms with Crippen LogP contribution in [0.3, 0.4) is 0 Å². The van der Waals surface area contributed by atoms with E-state index in [2.05, 4.69) is 88.4 Å². The van der Waals surface area contributed by atoms with Crippen LogP contribution >= 0.6 is 0 Å². The second-order valence-electron chi connectivity index (χ2n) is 8.25. The predicted molar refractivity (Wildman–Crippen MR) is 121 cm³/mol. The first-order chi connectivity index (χ1) is 14.8. The third-order valence-corrected chi connectivity index (χ3v) is 6.01. The number of aryl methyl sites for hydroxylation is 1. The zero-order valence-corrected chi connectivity index (χ0v) is 17.6. The molecule has 0 atom stereocenters. The zero-order chi connectivity index (χ0) is 20.3. The average Bonchev–Trinajstić information content (AvgIpc) is 3.12. The van der Waals surface area contributed by atoms with Crippen LogP contribution in [-0.4, -0.2) is 26.0 Å². The van der Waals surface area contributed by atoms with Gasteiger partial charge in [-0.25, -0.2) is 9.97 Å². The molecule has 0 N–H and O–H groups in total. The van der Waals surface area contributed by atoms with E-state index in [-0.39, 0.29) is 0 Å². The highest BCUT2D eigenvalue weighted by atomic mass is 15.1. The molecular weight excluding hydrogens is 368 g/mol. The van der Waals surface area contributed by atoms with Gasteiger partial charge in [0.15, 0.2) is 0 Å². The fraction of sp³-hybridized carbons (Fsp3) is 0.308. The fourth-order valence-electron chi connectivity index (χ4n) is 4.48. The Balaban J connectivity index is 1.40. The topological polar surface area (TPSA) is 34.0 Å². The Kier molecular flexibility index (Phi) is 5.33. The summed E-state index contributed by atoms with van der Waals surface area (Å²) in [6, 6.07) is 19.5. The zero-order valence-electron chi connectivity index (χ0n) is 17.6. The van der Waals surface area contributed by atoms with Gasteiger partial charge in [0.05, 0.1) is 5.69 Å². The monoisotopic (exact) mass is 396 g/mol. The molecule has 4 heteroatoms. The second-order valence-corrected chi connectivity index (χ2v) is 8.25. The van der Waals surface area contributed by atoms with E-state index >= 15 is 0 Å². The molecule has 4 aromatic rings. The highest BCUT2D eigenvalue weighted by Crippen LogP contribution is 2.26. The largest absolute Gasteiger partial charge is 0.343 e. The van der Waals surface area contributed by atoms with Gasteiger partial charge < -0.3 is 4.57 Å². The second kappa shape index (κ2) is 8.41. The summed E-state index contributed by atoms with van der Waals surface area (Å²) in [7, 11) is 0. The third kappa shape index (κ3) is 3.88. The molecular formula is C26H28N4. The van der Waals surface area contributed by atoms with Gasteiger partial charge in [-0.2, -0.15) is 0 Å². The number of hydrogen-bond donors (Lipinski definition) is 0. The number of para-hydroxylation sites is 1. The summed E-state index contributed by atoms with van der Waals surface area (Å²) in [6.07, 6.45) is 7.47. The van der Waals surface area contributed by atoms with Gasteiger partial charge in [-0.15, -0.1) is 0 Å². The van der Waals surface area contributed by atoms with Gasteiger partial charge in [0.2, 0.25) is 0 Å². The number of aromatic nitrogens is 3. The Morgan fingerprint density at radius 2 is 1.80 bits per heavy atom. The minimum atomic E-state index is 0.901. The molecule has 3 heterocycles. The van der Waals surface area contributed by atoms with E-state index < -0.39 is 0 Å². The Labute approximate surface area is 178 Å². The van der Waals surface area contributed by atoms with Crippen molar-refractivity contribution in [2.24, 2.45) is 0 Å². The molecule has 4 nitrogen and oxygen atoms in total. The maximum Gasteiger partial charge on any atom is 0.128 e. The van der Waals surface area contributed by atoms with E-state index in [0.717, 1.165) is 51.3 Å². The molecule has 2 aromatic carbocycles. The van der Waals surface area contributed by atoms with Gasteiger partial charge in [-0.1, -0.05) is 55.5 Å². The molecule has 0 radical (unpaired) electrons. The average molecular weight is 397 g/mol. The van der Waals surface area contributed by atoms with Crippen molar-refractivity contribution in [1.82, 2.24) is 19.4 Å². The number of fused-ring (bicyclic) bond motifs is 2. The molecule has 1 aliphatic rings. The predicted octanol–water partition coefficient (Wildman–Crippen LogP) is 4.99. The number of rotatable bonds is 6. The summed E-state index contributed by atoms with van der Waals surface area (Å²) in [5, 5.41) is 1.36. The van der Waals surface area contributed by atoms with Crippen LogP contribution in [0.15, 0.2) is 67.0 Å². The highest BCUT2D eigenvalue weighted by Gasteiger charge is 2.20. The minimum Gasteiger partial charge on any atom is -0.343 e. The summed E-state index contributed by atoms with van der Waals surface area (Å²) in [4.78, 5) is 11.9. The van der Waals surface area contributed by atoms with Crippen molar-refractivity contribution in [3.05, 3.63) is 95.2 Å². The van der Waals surface area contributed by atoms with Crippen molar-refractivity contribution in [1.29, 1.82) is 0 Å². The van der Waals surface area contributed by atoms with Crippen molar-refractivity contribution in [3.8, 4) is 0 Å².